The molecule has 3 heteroatoms. The van der Waals surface area contributed by atoms with Crippen LogP contribution in [0.2, 0.25) is 0 Å². The van der Waals surface area contributed by atoms with Crippen LogP contribution in [0.3, 0.4) is 0 Å². The van der Waals surface area contributed by atoms with Gasteiger partial charge in [0.15, 0.2) is 5.90 Å². The van der Waals surface area contributed by atoms with Gasteiger partial charge in [-0.2, -0.15) is 0 Å². The summed E-state index contributed by atoms with van der Waals surface area (Å²) in [5.41, 5.74) is 0.962. The van der Waals surface area contributed by atoms with Crippen molar-refractivity contribution < 1.29 is 4.74 Å². The smallest absolute Gasteiger partial charge is 0.191 e. The number of ether oxygens (including phenoxy) is 1. The quantitative estimate of drug-likeness (QED) is 0.429. The van der Waals surface area contributed by atoms with Crippen LogP contribution in [-0.4, -0.2) is 10.9 Å². The fourth-order valence-corrected chi connectivity index (χ4v) is 0.920. The molecule has 1 rings (SSSR count). The maximum atomic E-state index is 5.42. The summed E-state index contributed by atoms with van der Waals surface area (Å²) in [6.45, 7) is 7.26. The molecule has 0 spiro atoms. The third-order valence-corrected chi connectivity index (χ3v) is 1.63. The SMILES string of the molecule is C=C/C=C\N=C(C)Oc1ccc(C)nc1. The average Bonchev–Trinajstić information content (AvgIpc) is 2.22. The van der Waals surface area contributed by atoms with Gasteiger partial charge in [-0.05, 0) is 25.1 Å². The topological polar surface area (TPSA) is 34.5 Å². The van der Waals surface area contributed by atoms with Gasteiger partial charge in [-0.1, -0.05) is 12.7 Å². The van der Waals surface area contributed by atoms with Crippen molar-refractivity contribution in [2.75, 3.05) is 0 Å². The first kappa shape index (κ1) is 11.2. The third kappa shape index (κ3) is 4.22. The zero-order valence-corrected chi connectivity index (χ0v) is 8.97. The highest BCUT2D eigenvalue weighted by Crippen LogP contribution is 2.08. The lowest BCUT2D eigenvalue weighted by atomic mass is 10.4. The van der Waals surface area contributed by atoms with E-state index in [0.717, 1.165) is 5.69 Å². The first-order valence-corrected chi connectivity index (χ1v) is 4.65. The fraction of sp³-hybridized carbons (Fsp3) is 0.167. The molecule has 3 nitrogen and oxygen atoms in total. The second-order valence-corrected chi connectivity index (χ2v) is 2.96. The van der Waals surface area contributed by atoms with Gasteiger partial charge in [0, 0.05) is 18.8 Å². The van der Waals surface area contributed by atoms with E-state index < -0.39 is 0 Å². The Morgan fingerprint density at radius 3 is 2.93 bits per heavy atom. The van der Waals surface area contributed by atoms with Gasteiger partial charge in [0.1, 0.15) is 5.75 Å². The van der Waals surface area contributed by atoms with Gasteiger partial charge in [0.05, 0.1) is 6.20 Å². The first-order valence-electron chi connectivity index (χ1n) is 4.65. The Labute approximate surface area is 89.8 Å². The molecule has 0 unspecified atom stereocenters. The number of rotatable bonds is 3. The summed E-state index contributed by atoms with van der Waals surface area (Å²) < 4.78 is 5.42. The summed E-state index contributed by atoms with van der Waals surface area (Å²) in [6, 6.07) is 3.75. The highest BCUT2D eigenvalue weighted by atomic mass is 16.5. The van der Waals surface area contributed by atoms with Crippen LogP contribution in [-0.2, 0) is 0 Å². The molecule has 0 aliphatic carbocycles. The Hall–Kier alpha value is -1.90. The molecule has 0 radical (unpaired) electrons. The van der Waals surface area contributed by atoms with Crippen molar-refractivity contribution in [2.45, 2.75) is 13.8 Å². The van der Waals surface area contributed by atoms with Gasteiger partial charge in [-0.25, -0.2) is 4.99 Å². The van der Waals surface area contributed by atoms with Crippen LogP contribution in [0, 0.1) is 6.92 Å². The van der Waals surface area contributed by atoms with E-state index in [2.05, 4.69) is 16.6 Å². The molecule has 1 heterocycles. The lowest BCUT2D eigenvalue weighted by Gasteiger charge is -2.02. The summed E-state index contributed by atoms with van der Waals surface area (Å²) in [6.07, 6.45) is 6.69. The van der Waals surface area contributed by atoms with E-state index in [0.29, 0.717) is 11.6 Å². The van der Waals surface area contributed by atoms with E-state index >= 15 is 0 Å². The lowest BCUT2D eigenvalue weighted by molar-refractivity contribution is 0.543. The minimum Gasteiger partial charge on any atom is -0.442 e. The molecule has 78 valence electrons. The van der Waals surface area contributed by atoms with E-state index in [-0.39, 0.29) is 0 Å². The predicted molar refractivity (Wildman–Crippen MR) is 62.0 cm³/mol. The van der Waals surface area contributed by atoms with E-state index in [1.54, 1.807) is 31.5 Å². The monoisotopic (exact) mass is 202 g/mol. The molecule has 1 aromatic rings. The summed E-state index contributed by atoms with van der Waals surface area (Å²) >= 11 is 0. The number of allylic oxidation sites excluding steroid dienone is 2. The molecule has 0 aliphatic heterocycles. The summed E-state index contributed by atoms with van der Waals surface area (Å²) in [4.78, 5) is 8.16. The summed E-state index contributed by atoms with van der Waals surface area (Å²) in [5, 5.41) is 0. The molecular weight excluding hydrogens is 188 g/mol. The van der Waals surface area contributed by atoms with Gasteiger partial charge in [0.25, 0.3) is 0 Å². The van der Waals surface area contributed by atoms with Crippen LogP contribution < -0.4 is 4.74 Å². The Morgan fingerprint density at radius 2 is 2.33 bits per heavy atom. The van der Waals surface area contributed by atoms with Crippen molar-refractivity contribution in [1.82, 2.24) is 4.98 Å². The number of hydrogen-bond acceptors (Lipinski definition) is 3. The third-order valence-electron chi connectivity index (χ3n) is 1.63. The zero-order chi connectivity index (χ0) is 11.1. The number of aliphatic imine (C=N–C) groups is 1. The van der Waals surface area contributed by atoms with Crippen LogP contribution in [0.15, 0.2) is 48.3 Å². The number of pyridine rings is 1. The van der Waals surface area contributed by atoms with Gasteiger partial charge in [-0.15, -0.1) is 0 Å². The van der Waals surface area contributed by atoms with Crippen molar-refractivity contribution in [3.63, 3.8) is 0 Å². The van der Waals surface area contributed by atoms with E-state index in [4.69, 9.17) is 4.74 Å². The van der Waals surface area contributed by atoms with Gasteiger partial charge < -0.3 is 4.74 Å². The van der Waals surface area contributed by atoms with Crippen molar-refractivity contribution >= 4 is 5.90 Å². The van der Waals surface area contributed by atoms with Crippen molar-refractivity contribution in [2.24, 2.45) is 4.99 Å². The number of hydrogen-bond donors (Lipinski definition) is 0. The number of nitrogens with zero attached hydrogens (tertiary/aromatic N) is 2. The van der Waals surface area contributed by atoms with E-state index in [1.807, 2.05) is 19.1 Å². The lowest BCUT2D eigenvalue weighted by Crippen LogP contribution is -2.02. The Kier molecular flexibility index (Phi) is 4.29. The summed E-state index contributed by atoms with van der Waals surface area (Å²) in [5.74, 6) is 1.26. The maximum Gasteiger partial charge on any atom is 0.191 e. The maximum absolute atomic E-state index is 5.42. The molecule has 0 saturated carbocycles. The first-order chi connectivity index (χ1) is 7.22. The molecule has 15 heavy (non-hydrogen) atoms. The highest BCUT2D eigenvalue weighted by molar-refractivity contribution is 5.76. The normalized spacial score (nSPS) is 11.7. The van der Waals surface area contributed by atoms with Crippen molar-refractivity contribution in [3.05, 3.63) is 49.0 Å². The molecule has 0 N–H and O–H groups in total. The van der Waals surface area contributed by atoms with Gasteiger partial charge in [-0.3, -0.25) is 4.98 Å². The molecule has 0 atom stereocenters. The second-order valence-electron chi connectivity index (χ2n) is 2.96. The molecule has 0 amide bonds. The van der Waals surface area contributed by atoms with Crippen LogP contribution in [0.1, 0.15) is 12.6 Å². The largest absolute Gasteiger partial charge is 0.442 e. The molecule has 0 bridgehead atoms. The average molecular weight is 202 g/mol. The molecule has 1 aromatic heterocycles. The predicted octanol–water partition coefficient (Wildman–Crippen LogP) is 2.89. The molecular formula is C12H14N2O. The van der Waals surface area contributed by atoms with E-state index in [9.17, 15) is 0 Å². The molecule has 0 aromatic carbocycles. The van der Waals surface area contributed by atoms with Gasteiger partial charge >= 0.3 is 0 Å². The summed E-state index contributed by atoms with van der Waals surface area (Å²) in [7, 11) is 0. The van der Waals surface area contributed by atoms with Crippen LogP contribution in [0.5, 0.6) is 5.75 Å². The van der Waals surface area contributed by atoms with E-state index in [1.165, 1.54) is 0 Å². The van der Waals surface area contributed by atoms with Crippen molar-refractivity contribution in [1.29, 1.82) is 0 Å². The number of aryl methyl sites for hydroxylation is 1. The number of aromatic nitrogens is 1. The minimum absolute atomic E-state index is 0.568. The van der Waals surface area contributed by atoms with Crippen LogP contribution in [0.4, 0.5) is 0 Å². The van der Waals surface area contributed by atoms with Crippen LogP contribution in [0.25, 0.3) is 0 Å². The van der Waals surface area contributed by atoms with Crippen molar-refractivity contribution in [3.8, 4) is 5.75 Å². The Balaban J connectivity index is 2.61. The fourth-order valence-electron chi connectivity index (χ4n) is 0.920. The molecule has 0 aliphatic rings. The van der Waals surface area contributed by atoms with Gasteiger partial charge in [0.2, 0.25) is 0 Å². The highest BCUT2D eigenvalue weighted by Gasteiger charge is 1.95. The minimum atomic E-state index is 0.568. The molecule has 0 saturated heterocycles. The Morgan fingerprint density at radius 1 is 1.53 bits per heavy atom. The zero-order valence-electron chi connectivity index (χ0n) is 8.97. The van der Waals surface area contributed by atoms with Crippen LogP contribution >= 0.6 is 0 Å². The Bertz CT molecular complexity index is 377. The molecule has 0 fully saturated rings. The second kappa shape index (κ2) is 5.75. The standard InChI is InChI=1S/C12H14N2O/c1-4-5-8-13-11(3)15-12-7-6-10(2)14-9-12/h4-9H,1H2,2-3H3/b8-5-,13-11?.